The molecule has 0 aliphatic heterocycles. The molecule has 0 bridgehead atoms. The minimum Gasteiger partial charge on any atom is -0.393 e. The second-order valence-corrected chi connectivity index (χ2v) is 4.58. The van der Waals surface area contributed by atoms with E-state index in [-0.39, 0.29) is 11.9 Å². The van der Waals surface area contributed by atoms with E-state index in [1.807, 2.05) is 24.9 Å². The largest absolute Gasteiger partial charge is 0.393 e. The van der Waals surface area contributed by atoms with Crippen LogP contribution in [0.15, 0.2) is 18.2 Å². The summed E-state index contributed by atoms with van der Waals surface area (Å²) < 4.78 is 13.8. The van der Waals surface area contributed by atoms with Crippen LogP contribution in [0.1, 0.15) is 25.8 Å². The fraction of sp³-hybridized carbons (Fsp3) is 0.571. The van der Waals surface area contributed by atoms with Gasteiger partial charge in [-0.15, -0.1) is 0 Å². The molecule has 102 valence electrons. The Kier molecular flexibility index (Phi) is 6.09. The number of aliphatic hydroxyl groups excluding tert-OH is 1. The Hall–Kier alpha value is -1.13. The van der Waals surface area contributed by atoms with E-state index in [0.29, 0.717) is 25.1 Å². The Morgan fingerprint density at radius 1 is 1.44 bits per heavy atom. The SMILES string of the molecule is CCNCc1c(F)cccc1N(C)CCC(C)O. The molecule has 1 unspecified atom stereocenters. The van der Waals surface area contributed by atoms with Crippen LogP contribution in [0, 0.1) is 5.82 Å². The van der Waals surface area contributed by atoms with Gasteiger partial charge in [-0.05, 0) is 32.0 Å². The van der Waals surface area contributed by atoms with Gasteiger partial charge in [0.1, 0.15) is 5.82 Å². The van der Waals surface area contributed by atoms with Crippen LogP contribution in [0.25, 0.3) is 0 Å². The van der Waals surface area contributed by atoms with Gasteiger partial charge in [0.05, 0.1) is 6.10 Å². The van der Waals surface area contributed by atoms with E-state index in [1.165, 1.54) is 6.07 Å². The van der Waals surface area contributed by atoms with Crippen LogP contribution in [-0.2, 0) is 6.54 Å². The molecule has 0 fully saturated rings. The molecule has 0 spiro atoms. The molecule has 3 nitrogen and oxygen atoms in total. The van der Waals surface area contributed by atoms with E-state index in [2.05, 4.69) is 5.32 Å². The smallest absolute Gasteiger partial charge is 0.129 e. The van der Waals surface area contributed by atoms with Crippen LogP contribution in [-0.4, -0.2) is 31.3 Å². The molecule has 0 aliphatic rings. The number of hydrogen-bond donors (Lipinski definition) is 2. The first kappa shape index (κ1) is 14.9. The normalized spacial score (nSPS) is 12.5. The number of anilines is 1. The van der Waals surface area contributed by atoms with Crippen molar-refractivity contribution in [2.24, 2.45) is 0 Å². The third-order valence-corrected chi connectivity index (χ3v) is 2.94. The molecule has 1 atom stereocenters. The molecular formula is C14H23FN2O. The molecular weight excluding hydrogens is 231 g/mol. The average molecular weight is 254 g/mol. The van der Waals surface area contributed by atoms with Crippen molar-refractivity contribution in [2.45, 2.75) is 32.9 Å². The third-order valence-electron chi connectivity index (χ3n) is 2.94. The van der Waals surface area contributed by atoms with Crippen molar-refractivity contribution in [1.29, 1.82) is 0 Å². The van der Waals surface area contributed by atoms with Gasteiger partial charge in [0.2, 0.25) is 0 Å². The molecule has 0 heterocycles. The van der Waals surface area contributed by atoms with Gasteiger partial charge in [0, 0.05) is 31.4 Å². The first-order chi connectivity index (χ1) is 8.56. The summed E-state index contributed by atoms with van der Waals surface area (Å²) in [7, 11) is 1.92. The lowest BCUT2D eigenvalue weighted by Crippen LogP contribution is -2.24. The second-order valence-electron chi connectivity index (χ2n) is 4.58. The summed E-state index contributed by atoms with van der Waals surface area (Å²) in [4.78, 5) is 1.99. The number of halogens is 1. The minimum atomic E-state index is -0.335. The van der Waals surface area contributed by atoms with Crippen molar-refractivity contribution in [3.8, 4) is 0 Å². The highest BCUT2D eigenvalue weighted by molar-refractivity contribution is 5.53. The van der Waals surface area contributed by atoms with Crippen LogP contribution < -0.4 is 10.2 Å². The zero-order valence-corrected chi connectivity index (χ0v) is 11.4. The average Bonchev–Trinajstić information content (AvgIpc) is 2.34. The highest BCUT2D eigenvalue weighted by atomic mass is 19.1. The Morgan fingerprint density at radius 3 is 2.78 bits per heavy atom. The molecule has 1 aromatic carbocycles. The van der Waals surface area contributed by atoms with E-state index in [4.69, 9.17) is 0 Å². The molecule has 0 saturated heterocycles. The van der Waals surface area contributed by atoms with E-state index in [9.17, 15) is 9.50 Å². The fourth-order valence-corrected chi connectivity index (χ4v) is 1.83. The van der Waals surface area contributed by atoms with Gasteiger partial charge < -0.3 is 15.3 Å². The Labute approximate surface area is 109 Å². The van der Waals surface area contributed by atoms with Gasteiger partial charge in [-0.25, -0.2) is 4.39 Å². The highest BCUT2D eigenvalue weighted by Gasteiger charge is 2.11. The zero-order valence-electron chi connectivity index (χ0n) is 11.4. The molecule has 1 rings (SSSR count). The second kappa shape index (κ2) is 7.34. The van der Waals surface area contributed by atoms with Gasteiger partial charge in [-0.2, -0.15) is 0 Å². The lowest BCUT2D eigenvalue weighted by molar-refractivity contribution is 0.187. The van der Waals surface area contributed by atoms with Gasteiger partial charge in [-0.1, -0.05) is 13.0 Å². The Morgan fingerprint density at radius 2 is 2.17 bits per heavy atom. The van der Waals surface area contributed by atoms with Gasteiger partial charge in [0.15, 0.2) is 0 Å². The molecule has 0 saturated carbocycles. The van der Waals surface area contributed by atoms with Crippen LogP contribution >= 0.6 is 0 Å². The number of hydrogen-bond acceptors (Lipinski definition) is 3. The van der Waals surface area contributed by atoms with Crippen LogP contribution in [0.5, 0.6) is 0 Å². The van der Waals surface area contributed by atoms with E-state index in [1.54, 1.807) is 13.0 Å². The number of nitrogens with zero attached hydrogens (tertiary/aromatic N) is 1. The van der Waals surface area contributed by atoms with Crippen molar-refractivity contribution in [3.63, 3.8) is 0 Å². The summed E-state index contributed by atoms with van der Waals surface area (Å²) in [5.74, 6) is -0.183. The standard InChI is InChI=1S/C14H23FN2O/c1-4-16-10-12-13(15)6-5-7-14(12)17(3)9-8-11(2)18/h5-7,11,16,18H,4,8-10H2,1-3H3. The Balaban J connectivity index is 2.82. The number of benzene rings is 1. The molecule has 0 aromatic heterocycles. The van der Waals surface area contributed by atoms with Crippen molar-refractivity contribution in [3.05, 3.63) is 29.6 Å². The molecule has 2 N–H and O–H groups in total. The predicted octanol–water partition coefficient (Wildman–Crippen LogP) is 2.14. The summed E-state index contributed by atoms with van der Waals surface area (Å²) in [5, 5.41) is 12.4. The first-order valence-corrected chi connectivity index (χ1v) is 6.43. The summed E-state index contributed by atoms with van der Waals surface area (Å²) in [6.45, 7) is 5.81. The van der Waals surface area contributed by atoms with Crippen molar-refractivity contribution in [1.82, 2.24) is 5.32 Å². The summed E-state index contributed by atoms with van der Waals surface area (Å²) in [6.07, 6.45) is 0.339. The first-order valence-electron chi connectivity index (χ1n) is 6.43. The van der Waals surface area contributed by atoms with E-state index in [0.717, 1.165) is 12.2 Å². The van der Waals surface area contributed by atoms with Crippen molar-refractivity contribution >= 4 is 5.69 Å². The number of aliphatic hydroxyl groups is 1. The zero-order chi connectivity index (χ0) is 13.5. The number of rotatable bonds is 7. The summed E-state index contributed by atoms with van der Waals surface area (Å²) >= 11 is 0. The van der Waals surface area contributed by atoms with Gasteiger partial charge >= 0.3 is 0 Å². The maximum atomic E-state index is 13.8. The predicted molar refractivity (Wildman–Crippen MR) is 73.3 cm³/mol. The third kappa shape index (κ3) is 4.27. The summed E-state index contributed by atoms with van der Waals surface area (Å²) in [5.41, 5.74) is 1.57. The Bertz CT molecular complexity index is 369. The lowest BCUT2D eigenvalue weighted by atomic mass is 10.1. The minimum absolute atomic E-state index is 0.183. The molecule has 18 heavy (non-hydrogen) atoms. The topological polar surface area (TPSA) is 35.5 Å². The molecule has 1 aromatic rings. The maximum absolute atomic E-state index is 13.8. The lowest BCUT2D eigenvalue weighted by Gasteiger charge is -2.23. The van der Waals surface area contributed by atoms with Crippen LogP contribution in [0.4, 0.5) is 10.1 Å². The summed E-state index contributed by atoms with van der Waals surface area (Å²) in [6, 6.07) is 5.12. The number of nitrogens with one attached hydrogen (secondary N) is 1. The fourth-order valence-electron chi connectivity index (χ4n) is 1.83. The molecule has 0 amide bonds. The van der Waals surface area contributed by atoms with E-state index >= 15 is 0 Å². The van der Waals surface area contributed by atoms with E-state index < -0.39 is 0 Å². The monoisotopic (exact) mass is 254 g/mol. The van der Waals surface area contributed by atoms with Crippen molar-refractivity contribution in [2.75, 3.05) is 25.0 Å². The quantitative estimate of drug-likeness (QED) is 0.782. The van der Waals surface area contributed by atoms with Gasteiger partial charge in [-0.3, -0.25) is 0 Å². The highest BCUT2D eigenvalue weighted by Crippen LogP contribution is 2.22. The van der Waals surface area contributed by atoms with Crippen molar-refractivity contribution < 1.29 is 9.50 Å². The molecule has 4 heteroatoms. The van der Waals surface area contributed by atoms with Crippen LogP contribution in [0.2, 0.25) is 0 Å². The maximum Gasteiger partial charge on any atom is 0.129 e. The molecule has 0 aliphatic carbocycles. The van der Waals surface area contributed by atoms with Crippen LogP contribution in [0.3, 0.4) is 0 Å². The molecule has 0 radical (unpaired) electrons. The van der Waals surface area contributed by atoms with Gasteiger partial charge in [0.25, 0.3) is 0 Å².